The fourth-order valence-corrected chi connectivity index (χ4v) is 2.38. The van der Waals surface area contributed by atoms with Crippen LogP contribution in [0, 0.1) is 0 Å². The summed E-state index contributed by atoms with van der Waals surface area (Å²) in [6, 6.07) is 0. The molecule has 0 fully saturated rings. The second-order valence-electron chi connectivity index (χ2n) is 4.97. The molecule has 0 aromatic carbocycles. The molecule has 0 aliphatic heterocycles. The molecule has 108 valence electrons. The van der Waals surface area contributed by atoms with Gasteiger partial charge in [-0.2, -0.15) is 0 Å². The zero-order valence-electron chi connectivity index (χ0n) is 11.8. The van der Waals surface area contributed by atoms with Crippen molar-refractivity contribution in [3.63, 3.8) is 0 Å². The molecule has 3 nitrogen and oxygen atoms in total. The van der Waals surface area contributed by atoms with Crippen LogP contribution in [0.2, 0.25) is 0 Å². The molecule has 0 atom stereocenters. The van der Waals surface area contributed by atoms with Gasteiger partial charge in [0.1, 0.15) is 0 Å². The van der Waals surface area contributed by atoms with E-state index in [4.69, 9.17) is 0 Å². The molecule has 0 heterocycles. The van der Waals surface area contributed by atoms with Crippen LogP contribution in [-0.2, 0) is 0 Å². The molecule has 0 saturated carbocycles. The van der Waals surface area contributed by atoms with Gasteiger partial charge in [0.05, 0.1) is 13.2 Å². The van der Waals surface area contributed by atoms with E-state index >= 15 is 0 Å². The number of hydrogen-bond acceptors (Lipinski definition) is 3. The van der Waals surface area contributed by atoms with Gasteiger partial charge in [-0.15, -0.1) is 26.3 Å². The SMILES string of the molecule is C=CCC(CO)(CC=C)NC(CO)(CC=C)CC=C. The molecule has 0 aliphatic rings. The van der Waals surface area contributed by atoms with E-state index in [0.29, 0.717) is 25.7 Å². The summed E-state index contributed by atoms with van der Waals surface area (Å²) in [5.41, 5.74) is -1.11. The Hall–Kier alpha value is -1.16. The van der Waals surface area contributed by atoms with Crippen LogP contribution in [-0.4, -0.2) is 34.5 Å². The van der Waals surface area contributed by atoms with Crippen molar-refractivity contribution in [3.05, 3.63) is 50.6 Å². The van der Waals surface area contributed by atoms with Crippen molar-refractivity contribution in [1.29, 1.82) is 0 Å². The minimum atomic E-state index is -0.557. The Morgan fingerprint density at radius 2 is 0.947 bits per heavy atom. The summed E-state index contributed by atoms with van der Waals surface area (Å²) < 4.78 is 0. The molecule has 0 spiro atoms. The second-order valence-corrected chi connectivity index (χ2v) is 4.97. The van der Waals surface area contributed by atoms with Crippen molar-refractivity contribution in [2.24, 2.45) is 0 Å². The van der Waals surface area contributed by atoms with Crippen molar-refractivity contribution >= 4 is 0 Å². The van der Waals surface area contributed by atoms with E-state index in [9.17, 15) is 10.2 Å². The molecule has 0 aromatic heterocycles. The zero-order valence-corrected chi connectivity index (χ0v) is 11.8. The Bertz CT molecular complexity index is 260. The maximum Gasteiger partial charge on any atom is 0.0619 e. The summed E-state index contributed by atoms with van der Waals surface area (Å²) in [6.07, 6.45) is 9.40. The average molecular weight is 265 g/mol. The third kappa shape index (κ3) is 5.15. The molecule has 0 saturated heterocycles. The third-order valence-corrected chi connectivity index (χ3v) is 3.28. The monoisotopic (exact) mass is 265 g/mol. The van der Waals surface area contributed by atoms with Crippen LogP contribution in [0.25, 0.3) is 0 Å². The highest BCUT2D eigenvalue weighted by Gasteiger charge is 2.37. The van der Waals surface area contributed by atoms with Crippen LogP contribution in [0.4, 0.5) is 0 Å². The fourth-order valence-electron chi connectivity index (χ4n) is 2.38. The summed E-state index contributed by atoms with van der Waals surface area (Å²) in [7, 11) is 0. The van der Waals surface area contributed by atoms with Gasteiger partial charge < -0.3 is 15.5 Å². The minimum Gasteiger partial charge on any atom is -0.394 e. The van der Waals surface area contributed by atoms with Gasteiger partial charge in [0.25, 0.3) is 0 Å². The largest absolute Gasteiger partial charge is 0.394 e. The Morgan fingerprint density at radius 1 is 0.684 bits per heavy atom. The van der Waals surface area contributed by atoms with Gasteiger partial charge >= 0.3 is 0 Å². The van der Waals surface area contributed by atoms with Crippen molar-refractivity contribution in [2.45, 2.75) is 36.8 Å². The van der Waals surface area contributed by atoms with Crippen LogP contribution < -0.4 is 5.32 Å². The zero-order chi connectivity index (χ0) is 14.8. The topological polar surface area (TPSA) is 52.5 Å². The number of hydrogen-bond donors (Lipinski definition) is 3. The molecule has 0 rings (SSSR count). The van der Waals surface area contributed by atoms with Crippen molar-refractivity contribution in [1.82, 2.24) is 5.32 Å². The first-order valence-corrected chi connectivity index (χ1v) is 6.52. The van der Waals surface area contributed by atoms with E-state index in [1.165, 1.54) is 0 Å². The lowest BCUT2D eigenvalue weighted by Gasteiger charge is -2.42. The Kier molecular flexibility index (Phi) is 8.32. The van der Waals surface area contributed by atoms with Gasteiger partial charge in [0.2, 0.25) is 0 Å². The summed E-state index contributed by atoms with van der Waals surface area (Å²) >= 11 is 0. The quantitative estimate of drug-likeness (QED) is 0.475. The van der Waals surface area contributed by atoms with Crippen LogP contribution in [0.1, 0.15) is 25.7 Å². The van der Waals surface area contributed by atoms with Crippen molar-refractivity contribution < 1.29 is 10.2 Å². The highest BCUT2D eigenvalue weighted by molar-refractivity contribution is 5.07. The first-order chi connectivity index (χ1) is 9.07. The molecular weight excluding hydrogens is 238 g/mol. The first kappa shape index (κ1) is 17.8. The molecule has 0 radical (unpaired) electrons. The summed E-state index contributed by atoms with van der Waals surface area (Å²) in [5, 5.41) is 22.9. The molecule has 0 aromatic rings. The van der Waals surface area contributed by atoms with Crippen LogP contribution in [0.15, 0.2) is 50.6 Å². The number of nitrogens with one attached hydrogen (secondary N) is 1. The maximum atomic E-state index is 9.74. The Balaban J connectivity index is 5.29. The highest BCUT2D eigenvalue weighted by Crippen LogP contribution is 2.25. The number of aliphatic hydroxyl groups is 2. The van der Waals surface area contributed by atoms with Gasteiger partial charge in [-0.25, -0.2) is 0 Å². The lowest BCUT2D eigenvalue weighted by molar-refractivity contribution is 0.0807. The summed E-state index contributed by atoms with van der Waals surface area (Å²) in [4.78, 5) is 0. The van der Waals surface area contributed by atoms with Crippen LogP contribution in [0.3, 0.4) is 0 Å². The van der Waals surface area contributed by atoms with E-state index in [0.717, 1.165) is 0 Å². The van der Waals surface area contributed by atoms with E-state index in [1.54, 1.807) is 24.3 Å². The van der Waals surface area contributed by atoms with E-state index in [2.05, 4.69) is 31.6 Å². The average Bonchev–Trinajstić information content (AvgIpc) is 2.39. The smallest absolute Gasteiger partial charge is 0.0619 e. The second kappa shape index (κ2) is 8.86. The maximum absolute atomic E-state index is 9.74. The molecule has 0 bridgehead atoms. The van der Waals surface area contributed by atoms with Crippen LogP contribution >= 0.6 is 0 Å². The third-order valence-electron chi connectivity index (χ3n) is 3.28. The van der Waals surface area contributed by atoms with E-state index in [-0.39, 0.29) is 13.2 Å². The lowest BCUT2D eigenvalue weighted by Crippen LogP contribution is -2.61. The fraction of sp³-hybridized carbons (Fsp3) is 0.500. The Labute approximate surface area is 117 Å². The lowest BCUT2D eigenvalue weighted by atomic mass is 9.84. The van der Waals surface area contributed by atoms with Gasteiger partial charge in [-0.3, -0.25) is 0 Å². The van der Waals surface area contributed by atoms with Gasteiger partial charge in [0.15, 0.2) is 0 Å². The number of aliphatic hydroxyl groups excluding tert-OH is 2. The standard InChI is InChI=1S/C16H27NO2/c1-5-9-15(13-18,10-6-2)17-16(14-19,11-7-3)12-8-4/h5-8,17-19H,1-4,9-14H2. The molecule has 3 N–H and O–H groups in total. The van der Waals surface area contributed by atoms with E-state index in [1.807, 2.05) is 0 Å². The summed E-state index contributed by atoms with van der Waals surface area (Å²) in [6.45, 7) is 14.8. The molecule has 0 unspecified atom stereocenters. The molecule has 0 aliphatic carbocycles. The van der Waals surface area contributed by atoms with Gasteiger partial charge in [-0.05, 0) is 25.7 Å². The van der Waals surface area contributed by atoms with Crippen LogP contribution in [0.5, 0.6) is 0 Å². The highest BCUT2D eigenvalue weighted by atomic mass is 16.3. The first-order valence-electron chi connectivity index (χ1n) is 6.52. The molecule has 3 heteroatoms. The predicted molar refractivity (Wildman–Crippen MR) is 82.0 cm³/mol. The molecule has 0 amide bonds. The van der Waals surface area contributed by atoms with E-state index < -0.39 is 11.1 Å². The molecule has 19 heavy (non-hydrogen) atoms. The van der Waals surface area contributed by atoms with Crippen molar-refractivity contribution in [2.75, 3.05) is 13.2 Å². The Morgan fingerprint density at radius 3 is 1.11 bits per heavy atom. The van der Waals surface area contributed by atoms with Gasteiger partial charge in [0, 0.05) is 11.1 Å². The van der Waals surface area contributed by atoms with Crippen molar-refractivity contribution in [3.8, 4) is 0 Å². The predicted octanol–water partition coefficient (Wildman–Crippen LogP) is 2.34. The van der Waals surface area contributed by atoms with Gasteiger partial charge in [-0.1, -0.05) is 24.3 Å². The minimum absolute atomic E-state index is 0.0545. The normalized spacial score (nSPS) is 11.9. The number of rotatable bonds is 12. The molecular formula is C16H27NO2. The summed E-state index contributed by atoms with van der Waals surface area (Å²) in [5.74, 6) is 0.